The molecule has 2 aromatic rings. The summed E-state index contributed by atoms with van der Waals surface area (Å²) in [6.07, 6.45) is -4.74. The van der Waals surface area contributed by atoms with Crippen LogP contribution in [0.3, 0.4) is 0 Å². The molecule has 0 aromatic heterocycles. The van der Waals surface area contributed by atoms with E-state index in [1.54, 1.807) is 17.0 Å². The maximum atomic E-state index is 12.4. The molecule has 1 aliphatic heterocycles. The fourth-order valence-electron chi connectivity index (χ4n) is 3.39. The van der Waals surface area contributed by atoms with E-state index in [4.69, 9.17) is 0 Å². The van der Waals surface area contributed by atoms with Crippen LogP contribution in [0.4, 0.5) is 22.0 Å². The van der Waals surface area contributed by atoms with Crippen LogP contribution in [0.15, 0.2) is 48.5 Å². The molecule has 184 valence electrons. The van der Waals surface area contributed by atoms with Crippen molar-refractivity contribution in [3.8, 4) is 11.5 Å². The van der Waals surface area contributed by atoms with Crippen molar-refractivity contribution in [2.75, 3.05) is 32.7 Å². The molecule has 0 atom stereocenters. The molecule has 0 radical (unpaired) electrons. The highest BCUT2D eigenvalue weighted by atomic mass is 19.4. The average molecular weight is 487 g/mol. The quantitative estimate of drug-likeness (QED) is 0.579. The second-order valence-electron chi connectivity index (χ2n) is 7.44. The number of halogens is 5. The molecule has 0 unspecified atom stereocenters. The van der Waals surface area contributed by atoms with Gasteiger partial charge in [-0.05, 0) is 35.9 Å². The smallest absolute Gasteiger partial charge is 0.435 e. The molecule has 0 spiro atoms. The van der Waals surface area contributed by atoms with Crippen molar-refractivity contribution in [2.24, 2.45) is 0 Å². The van der Waals surface area contributed by atoms with Crippen LogP contribution in [-0.2, 0) is 11.3 Å². The second-order valence-corrected chi connectivity index (χ2v) is 7.44. The number of nitrogens with one attached hydrogen (secondary N) is 1. The summed E-state index contributed by atoms with van der Waals surface area (Å²) < 4.78 is 69.5. The molecule has 1 N–H and O–H groups in total. The zero-order chi connectivity index (χ0) is 24.7. The first-order valence-electron chi connectivity index (χ1n) is 10.3. The normalized spacial score (nSPS) is 14.7. The molecule has 1 fully saturated rings. The molecule has 3 rings (SSSR count). The lowest BCUT2D eigenvalue weighted by Gasteiger charge is -2.34. The van der Waals surface area contributed by atoms with Crippen molar-refractivity contribution in [3.63, 3.8) is 0 Å². The Labute approximate surface area is 192 Å². The number of piperazine rings is 1. The van der Waals surface area contributed by atoms with Crippen molar-refractivity contribution >= 4 is 11.8 Å². The summed E-state index contributed by atoms with van der Waals surface area (Å²) in [5, 5.41) is 2.47. The van der Waals surface area contributed by atoms with Crippen LogP contribution >= 0.6 is 0 Å². The maximum Gasteiger partial charge on any atom is 0.573 e. The highest BCUT2D eigenvalue weighted by molar-refractivity contribution is 5.96. The average Bonchev–Trinajstić information content (AvgIpc) is 2.78. The Morgan fingerprint density at radius 2 is 1.65 bits per heavy atom. The van der Waals surface area contributed by atoms with Crippen molar-refractivity contribution in [1.29, 1.82) is 0 Å². The number of amides is 2. The molecule has 1 aliphatic rings. The van der Waals surface area contributed by atoms with E-state index in [9.17, 15) is 31.5 Å². The van der Waals surface area contributed by atoms with Gasteiger partial charge >= 0.3 is 13.0 Å². The van der Waals surface area contributed by atoms with Crippen LogP contribution in [-0.4, -0.2) is 67.3 Å². The van der Waals surface area contributed by atoms with E-state index < -0.39 is 18.9 Å². The minimum atomic E-state index is -4.74. The minimum Gasteiger partial charge on any atom is -0.435 e. The van der Waals surface area contributed by atoms with Crippen LogP contribution in [0.5, 0.6) is 11.5 Å². The van der Waals surface area contributed by atoms with E-state index in [-0.39, 0.29) is 29.5 Å². The van der Waals surface area contributed by atoms with Crippen molar-refractivity contribution in [1.82, 2.24) is 15.1 Å². The summed E-state index contributed by atoms with van der Waals surface area (Å²) in [7, 11) is 0. The molecule has 1 saturated heterocycles. The molecule has 34 heavy (non-hydrogen) atoms. The predicted octanol–water partition coefficient (Wildman–Crippen LogP) is 3.26. The standard InChI is InChI=1S/C22H22F5N3O4/c23-21(24)33-18-3-1-2-16(12-18)20(32)28-13-19(31)30-10-8-29(9-11-30)14-15-4-6-17(7-5-15)34-22(25,26)27/h1-7,12,21H,8-11,13-14H2,(H,28,32). The predicted molar refractivity (Wildman–Crippen MR) is 110 cm³/mol. The number of ether oxygens (including phenoxy) is 2. The minimum absolute atomic E-state index is 0.0856. The Kier molecular flexibility index (Phi) is 8.26. The van der Waals surface area contributed by atoms with Gasteiger partial charge in [0.2, 0.25) is 5.91 Å². The van der Waals surface area contributed by atoms with Gasteiger partial charge in [0, 0.05) is 38.3 Å². The van der Waals surface area contributed by atoms with Crippen LogP contribution in [0, 0.1) is 0 Å². The van der Waals surface area contributed by atoms with Crippen molar-refractivity contribution in [2.45, 2.75) is 19.5 Å². The fraction of sp³-hybridized carbons (Fsp3) is 0.364. The summed E-state index contributed by atoms with van der Waals surface area (Å²) in [6.45, 7) is -0.826. The summed E-state index contributed by atoms with van der Waals surface area (Å²) in [5.41, 5.74) is 0.891. The topological polar surface area (TPSA) is 71.1 Å². The number of hydrogen-bond acceptors (Lipinski definition) is 5. The zero-order valence-electron chi connectivity index (χ0n) is 17.9. The Morgan fingerprint density at radius 3 is 2.26 bits per heavy atom. The molecule has 0 bridgehead atoms. The van der Waals surface area contributed by atoms with Gasteiger partial charge in [-0.1, -0.05) is 18.2 Å². The van der Waals surface area contributed by atoms with E-state index in [0.717, 1.165) is 11.6 Å². The molecule has 2 amide bonds. The van der Waals surface area contributed by atoms with Gasteiger partial charge in [-0.25, -0.2) is 0 Å². The van der Waals surface area contributed by atoms with Crippen molar-refractivity contribution in [3.05, 3.63) is 59.7 Å². The van der Waals surface area contributed by atoms with E-state index in [1.807, 2.05) is 0 Å². The van der Waals surface area contributed by atoms with Gasteiger partial charge in [-0.3, -0.25) is 14.5 Å². The van der Waals surface area contributed by atoms with E-state index in [1.165, 1.54) is 30.3 Å². The molecule has 1 heterocycles. The second kappa shape index (κ2) is 11.1. The third kappa shape index (κ3) is 7.87. The van der Waals surface area contributed by atoms with Gasteiger partial charge in [0.15, 0.2) is 0 Å². The summed E-state index contributed by atoms with van der Waals surface area (Å²) in [4.78, 5) is 28.3. The highest BCUT2D eigenvalue weighted by Crippen LogP contribution is 2.23. The van der Waals surface area contributed by atoms with Gasteiger partial charge in [-0.2, -0.15) is 8.78 Å². The Balaban J connectivity index is 1.42. The third-order valence-corrected chi connectivity index (χ3v) is 5.01. The first-order chi connectivity index (χ1) is 16.1. The SMILES string of the molecule is O=C(NCC(=O)N1CCN(Cc2ccc(OC(F)(F)F)cc2)CC1)c1cccc(OC(F)F)c1. The Hall–Kier alpha value is -3.41. The molecule has 12 heteroatoms. The van der Waals surface area contributed by atoms with Crippen molar-refractivity contribution < 1.29 is 41.0 Å². The zero-order valence-corrected chi connectivity index (χ0v) is 17.9. The van der Waals surface area contributed by atoms with Gasteiger partial charge in [0.1, 0.15) is 11.5 Å². The largest absolute Gasteiger partial charge is 0.573 e. The van der Waals surface area contributed by atoms with Gasteiger partial charge in [0.05, 0.1) is 6.54 Å². The highest BCUT2D eigenvalue weighted by Gasteiger charge is 2.31. The number of carbonyl (C=O) groups is 2. The van der Waals surface area contributed by atoms with E-state index >= 15 is 0 Å². The van der Waals surface area contributed by atoms with Gasteiger partial charge in [-0.15, -0.1) is 13.2 Å². The van der Waals surface area contributed by atoms with E-state index in [2.05, 4.69) is 19.7 Å². The molecule has 0 aliphatic carbocycles. The van der Waals surface area contributed by atoms with Crippen LogP contribution < -0.4 is 14.8 Å². The van der Waals surface area contributed by atoms with Gasteiger partial charge < -0.3 is 19.7 Å². The summed E-state index contributed by atoms with van der Waals surface area (Å²) in [6, 6.07) is 10.9. The monoisotopic (exact) mass is 487 g/mol. The number of rotatable bonds is 8. The summed E-state index contributed by atoms with van der Waals surface area (Å²) in [5.74, 6) is -1.33. The lowest BCUT2D eigenvalue weighted by molar-refractivity contribution is -0.274. The maximum absolute atomic E-state index is 12.4. The third-order valence-electron chi connectivity index (χ3n) is 5.01. The lowest BCUT2D eigenvalue weighted by Crippen LogP contribution is -2.50. The first-order valence-corrected chi connectivity index (χ1v) is 10.3. The lowest BCUT2D eigenvalue weighted by atomic mass is 10.2. The van der Waals surface area contributed by atoms with Crippen LogP contribution in [0.25, 0.3) is 0 Å². The first kappa shape index (κ1) is 25.2. The molecular weight excluding hydrogens is 465 g/mol. The number of benzene rings is 2. The summed E-state index contributed by atoms with van der Waals surface area (Å²) >= 11 is 0. The molecule has 2 aromatic carbocycles. The number of nitrogens with zero attached hydrogens (tertiary/aromatic N) is 2. The van der Waals surface area contributed by atoms with Crippen LogP contribution in [0.1, 0.15) is 15.9 Å². The Bertz CT molecular complexity index is 977. The van der Waals surface area contributed by atoms with Gasteiger partial charge in [0.25, 0.3) is 5.91 Å². The number of alkyl halides is 5. The molecule has 0 saturated carbocycles. The Morgan fingerprint density at radius 1 is 0.971 bits per heavy atom. The molecule has 7 nitrogen and oxygen atoms in total. The number of carbonyl (C=O) groups excluding carboxylic acids is 2. The number of hydrogen-bond donors (Lipinski definition) is 1. The van der Waals surface area contributed by atoms with Crippen LogP contribution in [0.2, 0.25) is 0 Å². The molecular formula is C22H22F5N3O4. The van der Waals surface area contributed by atoms with E-state index in [0.29, 0.717) is 32.7 Å². The fourth-order valence-corrected chi connectivity index (χ4v) is 3.39.